The molecule has 0 spiro atoms. The van der Waals surface area contributed by atoms with Gasteiger partial charge in [0.2, 0.25) is 0 Å². The number of likely N-dealkylation sites (tertiary alicyclic amines) is 1. The lowest BCUT2D eigenvalue weighted by Gasteiger charge is -2.32. The first-order chi connectivity index (χ1) is 14.5. The third kappa shape index (κ3) is 4.38. The van der Waals surface area contributed by atoms with Gasteiger partial charge in [-0.15, -0.1) is 11.3 Å². The van der Waals surface area contributed by atoms with Crippen LogP contribution in [-0.2, 0) is 0 Å². The second kappa shape index (κ2) is 8.71. The van der Waals surface area contributed by atoms with Crippen molar-refractivity contribution in [3.63, 3.8) is 0 Å². The van der Waals surface area contributed by atoms with Crippen molar-refractivity contribution >= 4 is 34.8 Å². The van der Waals surface area contributed by atoms with E-state index >= 15 is 0 Å². The number of anilines is 2. The van der Waals surface area contributed by atoms with Gasteiger partial charge in [0, 0.05) is 29.7 Å². The molecule has 3 heterocycles. The molecule has 3 amide bonds. The van der Waals surface area contributed by atoms with Crippen molar-refractivity contribution in [3.05, 3.63) is 64.0 Å². The van der Waals surface area contributed by atoms with Gasteiger partial charge in [0.15, 0.2) is 0 Å². The number of rotatable bonds is 4. The fraction of sp³-hybridized carbons (Fsp3) is 0.318. The summed E-state index contributed by atoms with van der Waals surface area (Å²) >= 11 is 1.54. The van der Waals surface area contributed by atoms with Gasteiger partial charge in [-0.3, -0.25) is 10.1 Å². The molecule has 4 rings (SSSR count). The Morgan fingerprint density at radius 1 is 1.03 bits per heavy atom. The highest BCUT2D eigenvalue weighted by Crippen LogP contribution is 2.27. The molecule has 30 heavy (non-hydrogen) atoms. The fourth-order valence-corrected chi connectivity index (χ4v) is 4.54. The Hall–Kier alpha value is -3.13. The zero-order valence-electron chi connectivity index (χ0n) is 17.1. The summed E-state index contributed by atoms with van der Waals surface area (Å²) in [4.78, 5) is 29.0. The molecule has 7 nitrogen and oxygen atoms in total. The molecule has 1 aromatic carbocycles. The Kier molecular flexibility index (Phi) is 5.85. The number of aromatic nitrogens is 2. The Bertz CT molecular complexity index is 1050. The molecular weight excluding hydrogens is 398 g/mol. The first kappa shape index (κ1) is 20.2. The van der Waals surface area contributed by atoms with E-state index in [1.54, 1.807) is 12.3 Å². The summed E-state index contributed by atoms with van der Waals surface area (Å²) in [5.74, 6) is 0.753. The molecule has 8 heteroatoms. The van der Waals surface area contributed by atoms with Crippen LogP contribution in [0.4, 0.5) is 16.3 Å². The molecule has 3 aromatic rings. The molecule has 1 aliphatic rings. The van der Waals surface area contributed by atoms with Crippen LogP contribution in [0.3, 0.4) is 0 Å². The van der Waals surface area contributed by atoms with Crippen LogP contribution in [0.25, 0.3) is 0 Å². The van der Waals surface area contributed by atoms with E-state index in [2.05, 4.69) is 15.7 Å². The highest BCUT2D eigenvalue weighted by Gasteiger charge is 2.27. The van der Waals surface area contributed by atoms with Crippen LogP contribution in [0.15, 0.2) is 48.7 Å². The first-order valence-electron chi connectivity index (χ1n) is 10.0. The van der Waals surface area contributed by atoms with E-state index in [4.69, 9.17) is 0 Å². The SMILES string of the molecule is Cc1ccc(C(=O)N2CCC(n3nccc3NC(=O)Nc3ccccc3C)CC2)s1. The highest BCUT2D eigenvalue weighted by atomic mass is 32.1. The number of amides is 3. The van der Waals surface area contributed by atoms with Crippen LogP contribution in [0, 0.1) is 13.8 Å². The van der Waals surface area contributed by atoms with Gasteiger partial charge >= 0.3 is 6.03 Å². The van der Waals surface area contributed by atoms with Gasteiger partial charge in [-0.25, -0.2) is 9.48 Å². The minimum absolute atomic E-state index is 0.1000. The predicted octanol–water partition coefficient (Wildman–Crippen LogP) is 4.68. The molecule has 2 aromatic heterocycles. The van der Waals surface area contributed by atoms with E-state index in [9.17, 15) is 9.59 Å². The molecule has 0 saturated carbocycles. The molecule has 0 aliphatic carbocycles. The molecule has 156 valence electrons. The van der Waals surface area contributed by atoms with Crippen molar-refractivity contribution in [2.75, 3.05) is 23.7 Å². The number of nitrogens with zero attached hydrogens (tertiary/aromatic N) is 3. The Morgan fingerprint density at radius 3 is 2.50 bits per heavy atom. The maximum atomic E-state index is 12.7. The minimum atomic E-state index is -0.299. The van der Waals surface area contributed by atoms with Crippen molar-refractivity contribution in [2.45, 2.75) is 32.7 Å². The van der Waals surface area contributed by atoms with Crippen molar-refractivity contribution in [3.8, 4) is 0 Å². The Labute approximate surface area is 179 Å². The molecular formula is C22H25N5O2S. The van der Waals surface area contributed by atoms with Crippen molar-refractivity contribution < 1.29 is 9.59 Å². The number of hydrogen-bond donors (Lipinski definition) is 2. The van der Waals surface area contributed by atoms with Crippen LogP contribution in [0.2, 0.25) is 0 Å². The molecule has 0 atom stereocenters. The molecule has 1 aliphatic heterocycles. The zero-order valence-corrected chi connectivity index (χ0v) is 17.9. The number of piperidine rings is 1. The predicted molar refractivity (Wildman–Crippen MR) is 119 cm³/mol. The van der Waals surface area contributed by atoms with E-state index in [0.29, 0.717) is 18.9 Å². The number of urea groups is 1. The maximum Gasteiger partial charge on any atom is 0.324 e. The highest BCUT2D eigenvalue weighted by molar-refractivity contribution is 7.13. The minimum Gasteiger partial charge on any atom is -0.338 e. The summed E-state index contributed by atoms with van der Waals surface area (Å²) < 4.78 is 1.86. The second-order valence-electron chi connectivity index (χ2n) is 7.49. The maximum absolute atomic E-state index is 12.7. The van der Waals surface area contributed by atoms with Gasteiger partial charge in [0.25, 0.3) is 5.91 Å². The number of aryl methyl sites for hydroxylation is 2. The first-order valence-corrected chi connectivity index (χ1v) is 10.9. The topological polar surface area (TPSA) is 79.3 Å². The number of para-hydroxylation sites is 1. The lowest BCUT2D eigenvalue weighted by atomic mass is 10.1. The van der Waals surface area contributed by atoms with Gasteiger partial charge in [-0.2, -0.15) is 5.10 Å². The number of carbonyl (C=O) groups is 2. The van der Waals surface area contributed by atoms with E-state index in [1.807, 2.05) is 59.8 Å². The van der Waals surface area contributed by atoms with Gasteiger partial charge in [-0.05, 0) is 50.5 Å². The third-order valence-electron chi connectivity index (χ3n) is 5.35. The number of benzene rings is 1. The van der Waals surface area contributed by atoms with E-state index in [-0.39, 0.29) is 18.0 Å². The molecule has 2 N–H and O–H groups in total. The standard InChI is InChI=1S/C22H25N5O2S/c1-15-5-3-4-6-18(15)24-22(29)25-20-9-12-23-27(20)17-10-13-26(14-11-17)21(28)19-8-7-16(2)30-19/h3-9,12,17H,10-11,13-14H2,1-2H3,(H2,24,25,29). The number of nitrogens with one attached hydrogen (secondary N) is 2. The second-order valence-corrected chi connectivity index (χ2v) is 8.78. The Morgan fingerprint density at radius 2 is 1.80 bits per heavy atom. The van der Waals surface area contributed by atoms with Gasteiger partial charge in [-0.1, -0.05) is 18.2 Å². The van der Waals surface area contributed by atoms with Crippen LogP contribution in [0.5, 0.6) is 0 Å². The zero-order chi connectivity index (χ0) is 21.1. The average Bonchev–Trinajstić information content (AvgIpc) is 3.38. The summed E-state index contributed by atoms with van der Waals surface area (Å²) in [6.45, 7) is 5.31. The van der Waals surface area contributed by atoms with Gasteiger partial charge < -0.3 is 10.2 Å². The molecule has 1 fully saturated rings. The van der Waals surface area contributed by atoms with E-state index in [1.165, 1.54) is 11.3 Å². The molecule has 0 bridgehead atoms. The van der Waals surface area contributed by atoms with Crippen LogP contribution < -0.4 is 10.6 Å². The quantitative estimate of drug-likeness (QED) is 0.639. The summed E-state index contributed by atoms with van der Waals surface area (Å²) in [7, 11) is 0. The summed E-state index contributed by atoms with van der Waals surface area (Å²) in [5, 5.41) is 10.2. The van der Waals surface area contributed by atoms with Crippen molar-refractivity contribution in [1.82, 2.24) is 14.7 Å². The van der Waals surface area contributed by atoms with Gasteiger partial charge in [0.05, 0.1) is 17.1 Å². The lowest BCUT2D eigenvalue weighted by molar-refractivity contribution is 0.0696. The molecule has 0 radical (unpaired) electrons. The van der Waals surface area contributed by atoms with Gasteiger partial charge in [0.1, 0.15) is 5.82 Å². The monoisotopic (exact) mass is 423 g/mol. The normalized spacial score (nSPS) is 14.5. The largest absolute Gasteiger partial charge is 0.338 e. The van der Waals surface area contributed by atoms with Crippen LogP contribution >= 0.6 is 11.3 Å². The van der Waals surface area contributed by atoms with Crippen molar-refractivity contribution in [1.29, 1.82) is 0 Å². The Balaban J connectivity index is 1.36. The summed E-state index contributed by atoms with van der Waals surface area (Å²) in [6.07, 6.45) is 3.28. The van der Waals surface area contributed by atoms with Crippen molar-refractivity contribution in [2.24, 2.45) is 0 Å². The summed E-state index contributed by atoms with van der Waals surface area (Å²) in [6, 6.07) is 13.2. The molecule has 1 saturated heterocycles. The smallest absolute Gasteiger partial charge is 0.324 e. The van der Waals surface area contributed by atoms with Crippen LogP contribution in [0.1, 0.15) is 39.0 Å². The third-order valence-corrected chi connectivity index (χ3v) is 6.34. The number of carbonyl (C=O) groups excluding carboxylic acids is 2. The average molecular weight is 424 g/mol. The molecule has 0 unspecified atom stereocenters. The number of hydrogen-bond acceptors (Lipinski definition) is 4. The number of thiophene rings is 1. The fourth-order valence-electron chi connectivity index (χ4n) is 3.71. The van der Waals surface area contributed by atoms with E-state index < -0.39 is 0 Å². The van der Waals surface area contributed by atoms with Crippen LogP contribution in [-0.4, -0.2) is 39.7 Å². The van der Waals surface area contributed by atoms with E-state index in [0.717, 1.165) is 33.8 Å². The summed E-state index contributed by atoms with van der Waals surface area (Å²) in [5.41, 5.74) is 1.77. The lowest BCUT2D eigenvalue weighted by Crippen LogP contribution is -2.39.